The van der Waals surface area contributed by atoms with Crippen LogP contribution < -0.4 is 10.6 Å². The SMILES string of the molecule is Cc1ccc(F)c(NC(C)C(=O)NCc2ccco2)c1. The minimum Gasteiger partial charge on any atom is -0.467 e. The van der Waals surface area contributed by atoms with Crippen molar-refractivity contribution < 1.29 is 13.6 Å². The second-order valence-electron chi connectivity index (χ2n) is 4.65. The van der Waals surface area contributed by atoms with Gasteiger partial charge < -0.3 is 15.1 Å². The molecule has 4 nitrogen and oxygen atoms in total. The van der Waals surface area contributed by atoms with E-state index in [4.69, 9.17) is 4.42 Å². The number of aryl methyl sites for hydroxylation is 1. The highest BCUT2D eigenvalue weighted by Gasteiger charge is 2.14. The number of rotatable bonds is 5. The maximum Gasteiger partial charge on any atom is 0.242 e. The lowest BCUT2D eigenvalue weighted by Gasteiger charge is -2.15. The summed E-state index contributed by atoms with van der Waals surface area (Å²) in [6, 6.07) is 7.73. The third-order valence-electron chi connectivity index (χ3n) is 2.90. The van der Waals surface area contributed by atoms with E-state index in [1.165, 1.54) is 6.07 Å². The molecule has 0 aliphatic rings. The Balaban J connectivity index is 1.92. The summed E-state index contributed by atoms with van der Waals surface area (Å²) in [7, 11) is 0. The van der Waals surface area contributed by atoms with Gasteiger partial charge in [-0.2, -0.15) is 0 Å². The van der Waals surface area contributed by atoms with Crippen LogP contribution >= 0.6 is 0 Å². The summed E-state index contributed by atoms with van der Waals surface area (Å²) < 4.78 is 18.7. The van der Waals surface area contributed by atoms with Gasteiger partial charge in [0.15, 0.2) is 0 Å². The van der Waals surface area contributed by atoms with E-state index in [9.17, 15) is 9.18 Å². The Labute approximate surface area is 117 Å². The van der Waals surface area contributed by atoms with Crippen LogP contribution in [0.4, 0.5) is 10.1 Å². The van der Waals surface area contributed by atoms with Crippen molar-refractivity contribution in [2.75, 3.05) is 5.32 Å². The molecule has 1 amide bonds. The highest BCUT2D eigenvalue weighted by atomic mass is 19.1. The van der Waals surface area contributed by atoms with Crippen LogP contribution in [-0.2, 0) is 11.3 Å². The Morgan fingerprint density at radius 3 is 2.90 bits per heavy atom. The van der Waals surface area contributed by atoms with Crippen molar-refractivity contribution in [1.29, 1.82) is 0 Å². The van der Waals surface area contributed by atoms with Gasteiger partial charge in [0.1, 0.15) is 17.6 Å². The van der Waals surface area contributed by atoms with Gasteiger partial charge in [-0.05, 0) is 43.7 Å². The number of benzene rings is 1. The number of carbonyl (C=O) groups excluding carboxylic acids is 1. The second-order valence-corrected chi connectivity index (χ2v) is 4.65. The first kappa shape index (κ1) is 14.1. The first-order valence-electron chi connectivity index (χ1n) is 6.39. The van der Waals surface area contributed by atoms with E-state index in [0.29, 0.717) is 18.0 Å². The zero-order chi connectivity index (χ0) is 14.5. The van der Waals surface area contributed by atoms with E-state index in [1.54, 1.807) is 37.5 Å². The maximum absolute atomic E-state index is 13.6. The smallest absolute Gasteiger partial charge is 0.242 e. The summed E-state index contributed by atoms with van der Waals surface area (Å²) in [5.41, 5.74) is 1.25. The molecular weight excluding hydrogens is 259 g/mol. The number of hydrogen-bond acceptors (Lipinski definition) is 3. The third kappa shape index (κ3) is 3.60. The van der Waals surface area contributed by atoms with Crippen LogP contribution in [0.15, 0.2) is 41.0 Å². The Hall–Kier alpha value is -2.30. The molecule has 1 unspecified atom stereocenters. The Kier molecular flexibility index (Phi) is 4.40. The molecule has 0 spiro atoms. The van der Waals surface area contributed by atoms with Crippen molar-refractivity contribution in [3.63, 3.8) is 0 Å². The summed E-state index contributed by atoms with van der Waals surface area (Å²) in [4.78, 5) is 11.9. The van der Waals surface area contributed by atoms with E-state index in [1.807, 2.05) is 6.92 Å². The molecule has 0 saturated heterocycles. The molecule has 2 rings (SSSR count). The van der Waals surface area contributed by atoms with E-state index in [0.717, 1.165) is 5.56 Å². The largest absolute Gasteiger partial charge is 0.467 e. The summed E-state index contributed by atoms with van der Waals surface area (Å²) in [5, 5.41) is 5.58. The molecule has 1 aromatic heterocycles. The summed E-state index contributed by atoms with van der Waals surface area (Å²) in [5.74, 6) is 0.0795. The first-order valence-corrected chi connectivity index (χ1v) is 6.39. The van der Waals surface area contributed by atoms with Crippen molar-refractivity contribution in [2.45, 2.75) is 26.4 Å². The number of anilines is 1. The second kappa shape index (κ2) is 6.23. The van der Waals surface area contributed by atoms with Crippen LogP contribution in [0.3, 0.4) is 0 Å². The molecular formula is C15H17FN2O2. The first-order chi connectivity index (χ1) is 9.56. The molecule has 0 bridgehead atoms. The monoisotopic (exact) mass is 276 g/mol. The molecule has 5 heteroatoms. The zero-order valence-electron chi connectivity index (χ0n) is 11.4. The van der Waals surface area contributed by atoms with Crippen molar-refractivity contribution in [3.05, 3.63) is 53.7 Å². The number of carbonyl (C=O) groups is 1. The van der Waals surface area contributed by atoms with E-state index < -0.39 is 6.04 Å². The number of furan rings is 1. The van der Waals surface area contributed by atoms with Crippen LogP contribution in [0.25, 0.3) is 0 Å². The molecule has 0 fully saturated rings. The fourth-order valence-electron chi connectivity index (χ4n) is 1.79. The van der Waals surface area contributed by atoms with Crippen LogP contribution in [0, 0.1) is 12.7 Å². The summed E-state index contributed by atoms with van der Waals surface area (Å²) >= 11 is 0. The Bertz CT molecular complexity index is 582. The van der Waals surface area contributed by atoms with Gasteiger partial charge in [0.25, 0.3) is 0 Å². The molecule has 2 N–H and O–H groups in total. The highest BCUT2D eigenvalue weighted by Crippen LogP contribution is 2.16. The maximum atomic E-state index is 13.6. The topological polar surface area (TPSA) is 54.3 Å². The molecule has 0 aliphatic heterocycles. The van der Waals surface area contributed by atoms with Gasteiger partial charge in [-0.3, -0.25) is 4.79 Å². The lowest BCUT2D eigenvalue weighted by atomic mass is 10.2. The predicted molar refractivity (Wildman–Crippen MR) is 74.8 cm³/mol. The molecule has 0 radical (unpaired) electrons. The minimum atomic E-state index is -0.540. The standard InChI is InChI=1S/C15H17FN2O2/c1-10-5-6-13(16)14(8-10)18-11(2)15(19)17-9-12-4-3-7-20-12/h3-8,11,18H,9H2,1-2H3,(H,17,19). The highest BCUT2D eigenvalue weighted by molar-refractivity contribution is 5.84. The van der Waals surface area contributed by atoms with Crippen LogP contribution in [0.1, 0.15) is 18.2 Å². The fourth-order valence-corrected chi connectivity index (χ4v) is 1.79. The number of halogens is 1. The van der Waals surface area contributed by atoms with Gasteiger partial charge in [0.05, 0.1) is 18.5 Å². The van der Waals surface area contributed by atoms with E-state index >= 15 is 0 Å². The molecule has 106 valence electrons. The third-order valence-corrected chi connectivity index (χ3v) is 2.90. The average molecular weight is 276 g/mol. The van der Waals surface area contributed by atoms with Gasteiger partial charge in [-0.25, -0.2) is 4.39 Å². The number of hydrogen-bond donors (Lipinski definition) is 2. The van der Waals surface area contributed by atoms with Crippen LogP contribution in [0.2, 0.25) is 0 Å². The molecule has 0 aliphatic carbocycles. The van der Waals surface area contributed by atoms with Gasteiger partial charge >= 0.3 is 0 Å². The fraction of sp³-hybridized carbons (Fsp3) is 0.267. The minimum absolute atomic E-state index is 0.220. The quantitative estimate of drug-likeness (QED) is 0.883. The predicted octanol–water partition coefficient (Wildman–Crippen LogP) is 2.84. The van der Waals surface area contributed by atoms with E-state index in [2.05, 4.69) is 10.6 Å². The van der Waals surface area contributed by atoms with Crippen molar-refractivity contribution in [2.24, 2.45) is 0 Å². The molecule has 1 aromatic carbocycles. The Morgan fingerprint density at radius 2 is 2.20 bits per heavy atom. The molecule has 20 heavy (non-hydrogen) atoms. The van der Waals surface area contributed by atoms with Crippen LogP contribution in [-0.4, -0.2) is 11.9 Å². The van der Waals surface area contributed by atoms with Crippen molar-refractivity contribution in [1.82, 2.24) is 5.32 Å². The zero-order valence-corrected chi connectivity index (χ0v) is 11.4. The van der Waals surface area contributed by atoms with Crippen LogP contribution in [0.5, 0.6) is 0 Å². The van der Waals surface area contributed by atoms with Crippen molar-refractivity contribution in [3.8, 4) is 0 Å². The molecule has 1 atom stereocenters. The molecule has 1 heterocycles. The molecule has 2 aromatic rings. The number of nitrogens with one attached hydrogen (secondary N) is 2. The Morgan fingerprint density at radius 1 is 1.40 bits per heavy atom. The average Bonchev–Trinajstić information content (AvgIpc) is 2.93. The lowest BCUT2D eigenvalue weighted by Crippen LogP contribution is -2.37. The summed E-state index contributed by atoms with van der Waals surface area (Å²) in [6.07, 6.45) is 1.55. The van der Waals surface area contributed by atoms with Gasteiger partial charge in [0.2, 0.25) is 5.91 Å². The lowest BCUT2D eigenvalue weighted by molar-refractivity contribution is -0.121. The summed E-state index contributed by atoms with van der Waals surface area (Å²) in [6.45, 7) is 3.86. The normalized spacial score (nSPS) is 11.9. The van der Waals surface area contributed by atoms with Gasteiger partial charge in [-0.15, -0.1) is 0 Å². The molecule has 0 saturated carbocycles. The van der Waals surface area contributed by atoms with Gasteiger partial charge in [0, 0.05) is 0 Å². The number of amides is 1. The van der Waals surface area contributed by atoms with E-state index in [-0.39, 0.29) is 11.7 Å². The van der Waals surface area contributed by atoms with Gasteiger partial charge in [-0.1, -0.05) is 6.07 Å². The van der Waals surface area contributed by atoms with Crippen molar-refractivity contribution >= 4 is 11.6 Å².